The molecule has 0 bridgehead atoms. The summed E-state index contributed by atoms with van der Waals surface area (Å²) in [4.78, 5) is 44.5. The molecule has 1 N–H and O–H groups in total. The van der Waals surface area contributed by atoms with Gasteiger partial charge in [-0.3, -0.25) is 14.5 Å². The SMILES string of the molecule is C[C@H](CO)N1C[C@H](C)[C@@H](CN(C)C(=O)CN2CCOCC2)Oc2ncc(-c3cncnc3)cc2C1=O. The van der Waals surface area contributed by atoms with Crippen LogP contribution in [0.1, 0.15) is 24.2 Å². The van der Waals surface area contributed by atoms with E-state index in [1.165, 1.54) is 6.33 Å². The molecule has 194 valence electrons. The Morgan fingerprint density at radius 3 is 2.64 bits per heavy atom. The summed E-state index contributed by atoms with van der Waals surface area (Å²) in [5.74, 6) is -0.168. The summed E-state index contributed by atoms with van der Waals surface area (Å²) in [5, 5.41) is 9.85. The van der Waals surface area contributed by atoms with Crippen molar-refractivity contribution in [1.82, 2.24) is 29.7 Å². The molecule has 2 amide bonds. The first-order valence-electron chi connectivity index (χ1n) is 12.2. The molecule has 0 unspecified atom stereocenters. The summed E-state index contributed by atoms with van der Waals surface area (Å²) in [5.41, 5.74) is 1.71. The number of amides is 2. The van der Waals surface area contributed by atoms with Gasteiger partial charge in [0.2, 0.25) is 11.8 Å². The summed E-state index contributed by atoms with van der Waals surface area (Å²) < 4.78 is 11.7. The van der Waals surface area contributed by atoms with Crippen LogP contribution in [0.5, 0.6) is 5.88 Å². The van der Waals surface area contributed by atoms with E-state index in [9.17, 15) is 14.7 Å². The first-order chi connectivity index (χ1) is 17.4. The Morgan fingerprint density at radius 2 is 1.94 bits per heavy atom. The fourth-order valence-corrected chi connectivity index (χ4v) is 4.37. The summed E-state index contributed by atoms with van der Waals surface area (Å²) in [6.07, 6.45) is 5.97. The van der Waals surface area contributed by atoms with Crippen molar-refractivity contribution in [2.75, 3.05) is 59.6 Å². The molecule has 11 heteroatoms. The maximum absolute atomic E-state index is 13.6. The van der Waals surface area contributed by atoms with E-state index in [1.54, 1.807) is 41.5 Å². The Hall–Kier alpha value is -3.15. The lowest BCUT2D eigenvalue weighted by Crippen LogP contribution is -2.51. The number of fused-ring (bicyclic) bond motifs is 1. The van der Waals surface area contributed by atoms with E-state index in [0.717, 1.165) is 18.7 Å². The number of ether oxygens (including phenoxy) is 2. The Morgan fingerprint density at radius 1 is 1.22 bits per heavy atom. The molecule has 3 atom stereocenters. The predicted octanol–water partition coefficient (Wildman–Crippen LogP) is 0.549. The number of carbonyl (C=O) groups is 2. The topological polar surface area (TPSA) is 121 Å². The standard InChI is InChI=1S/C25H34N6O5/c1-17-12-31(18(2)15-32)25(34)21-8-19(20-9-26-16-27-10-20)11-28-24(21)36-22(17)13-29(3)23(33)14-30-4-6-35-7-5-30/h8-11,16-18,22,32H,4-7,12-15H2,1-3H3/t17-,18+,22+/m0/s1. The highest BCUT2D eigenvalue weighted by Crippen LogP contribution is 2.30. The van der Waals surface area contributed by atoms with E-state index in [-0.39, 0.29) is 30.2 Å². The molecule has 4 heterocycles. The fraction of sp³-hybridized carbons (Fsp3) is 0.560. The zero-order valence-corrected chi connectivity index (χ0v) is 21.0. The van der Waals surface area contributed by atoms with Crippen molar-refractivity contribution in [1.29, 1.82) is 0 Å². The lowest BCUT2D eigenvalue weighted by atomic mass is 9.99. The molecule has 0 saturated carbocycles. The van der Waals surface area contributed by atoms with Gasteiger partial charge >= 0.3 is 0 Å². The number of nitrogens with zero attached hydrogens (tertiary/aromatic N) is 6. The van der Waals surface area contributed by atoms with Gasteiger partial charge < -0.3 is 24.4 Å². The molecule has 0 aliphatic carbocycles. The zero-order valence-electron chi connectivity index (χ0n) is 21.0. The summed E-state index contributed by atoms with van der Waals surface area (Å²) in [6, 6.07) is 1.33. The van der Waals surface area contributed by atoms with E-state index >= 15 is 0 Å². The number of aliphatic hydroxyl groups is 1. The summed E-state index contributed by atoms with van der Waals surface area (Å²) in [7, 11) is 1.77. The van der Waals surface area contributed by atoms with Crippen LogP contribution in [0.25, 0.3) is 11.1 Å². The van der Waals surface area contributed by atoms with E-state index < -0.39 is 12.1 Å². The quantitative estimate of drug-likeness (QED) is 0.583. The third-order valence-corrected chi connectivity index (χ3v) is 6.76. The lowest BCUT2D eigenvalue weighted by Gasteiger charge is -2.38. The smallest absolute Gasteiger partial charge is 0.259 e. The van der Waals surface area contributed by atoms with Crippen molar-refractivity contribution in [3.63, 3.8) is 0 Å². The molecule has 2 aromatic heterocycles. The molecular formula is C25H34N6O5. The minimum Gasteiger partial charge on any atom is -0.472 e. The normalized spacial score (nSPS) is 21.7. The maximum atomic E-state index is 13.6. The Labute approximate surface area is 211 Å². The van der Waals surface area contributed by atoms with Gasteiger partial charge in [-0.2, -0.15) is 0 Å². The van der Waals surface area contributed by atoms with Crippen LogP contribution >= 0.6 is 0 Å². The van der Waals surface area contributed by atoms with Gasteiger partial charge in [-0.25, -0.2) is 15.0 Å². The molecule has 0 aromatic carbocycles. The zero-order chi connectivity index (χ0) is 25.7. The van der Waals surface area contributed by atoms with Gasteiger partial charge in [0.05, 0.1) is 39.0 Å². The van der Waals surface area contributed by atoms with Crippen LogP contribution in [0.3, 0.4) is 0 Å². The minimum absolute atomic E-state index is 0.000901. The number of hydrogen-bond donors (Lipinski definition) is 1. The molecule has 0 spiro atoms. The fourth-order valence-electron chi connectivity index (χ4n) is 4.37. The third kappa shape index (κ3) is 5.97. The molecule has 4 rings (SSSR count). The monoisotopic (exact) mass is 498 g/mol. The molecule has 2 aliphatic rings. The summed E-state index contributed by atoms with van der Waals surface area (Å²) in [6.45, 7) is 7.39. The van der Waals surface area contributed by atoms with Gasteiger partial charge in [0.25, 0.3) is 5.91 Å². The van der Waals surface area contributed by atoms with Crippen LogP contribution in [0, 0.1) is 5.92 Å². The summed E-state index contributed by atoms with van der Waals surface area (Å²) >= 11 is 0. The van der Waals surface area contributed by atoms with Gasteiger partial charge in [-0.05, 0) is 13.0 Å². The van der Waals surface area contributed by atoms with Crippen molar-refractivity contribution < 1.29 is 24.2 Å². The van der Waals surface area contributed by atoms with E-state index in [2.05, 4.69) is 19.9 Å². The first kappa shape index (κ1) is 25.9. The van der Waals surface area contributed by atoms with Gasteiger partial charge in [0.15, 0.2) is 0 Å². The van der Waals surface area contributed by atoms with Gasteiger partial charge in [0.1, 0.15) is 18.0 Å². The van der Waals surface area contributed by atoms with E-state index in [1.807, 2.05) is 13.8 Å². The second-order valence-electron chi connectivity index (χ2n) is 9.49. The predicted molar refractivity (Wildman–Crippen MR) is 131 cm³/mol. The molecule has 36 heavy (non-hydrogen) atoms. The number of hydrogen-bond acceptors (Lipinski definition) is 9. The number of pyridine rings is 1. The number of rotatable bonds is 7. The lowest BCUT2D eigenvalue weighted by molar-refractivity contribution is -0.133. The van der Waals surface area contributed by atoms with Crippen LogP contribution < -0.4 is 4.74 Å². The molecule has 1 fully saturated rings. The molecular weight excluding hydrogens is 464 g/mol. The van der Waals surface area contributed by atoms with Gasteiger partial charge in [-0.15, -0.1) is 0 Å². The second-order valence-corrected chi connectivity index (χ2v) is 9.49. The van der Waals surface area contributed by atoms with Crippen molar-refractivity contribution in [3.05, 3.63) is 36.5 Å². The van der Waals surface area contributed by atoms with Crippen LogP contribution in [-0.4, -0.2) is 118 Å². The first-order valence-corrected chi connectivity index (χ1v) is 12.2. The number of likely N-dealkylation sites (N-methyl/N-ethyl adjacent to an activating group) is 1. The van der Waals surface area contributed by atoms with Crippen molar-refractivity contribution in [3.8, 4) is 17.0 Å². The number of carbonyl (C=O) groups excluding carboxylic acids is 2. The number of aromatic nitrogens is 3. The van der Waals surface area contributed by atoms with Crippen molar-refractivity contribution in [2.24, 2.45) is 5.92 Å². The molecule has 2 aliphatic heterocycles. The molecule has 0 radical (unpaired) electrons. The highest BCUT2D eigenvalue weighted by atomic mass is 16.5. The Kier molecular flexibility index (Phi) is 8.44. The maximum Gasteiger partial charge on any atom is 0.259 e. The van der Waals surface area contributed by atoms with Gasteiger partial charge in [0, 0.05) is 62.3 Å². The van der Waals surface area contributed by atoms with Crippen molar-refractivity contribution >= 4 is 11.8 Å². The Balaban J connectivity index is 1.59. The van der Waals surface area contributed by atoms with Crippen LogP contribution in [0.4, 0.5) is 0 Å². The highest BCUT2D eigenvalue weighted by molar-refractivity contribution is 5.98. The number of morpholine rings is 1. The van der Waals surface area contributed by atoms with Crippen LogP contribution in [-0.2, 0) is 9.53 Å². The van der Waals surface area contributed by atoms with E-state index in [0.29, 0.717) is 44.0 Å². The molecule has 11 nitrogen and oxygen atoms in total. The van der Waals surface area contributed by atoms with Gasteiger partial charge in [-0.1, -0.05) is 6.92 Å². The second kappa shape index (κ2) is 11.7. The highest BCUT2D eigenvalue weighted by Gasteiger charge is 2.35. The Bertz CT molecular complexity index is 1050. The molecule has 2 aromatic rings. The molecule has 1 saturated heterocycles. The largest absolute Gasteiger partial charge is 0.472 e. The van der Waals surface area contributed by atoms with Crippen LogP contribution in [0.15, 0.2) is 31.0 Å². The number of aliphatic hydroxyl groups excluding tert-OH is 1. The van der Waals surface area contributed by atoms with E-state index in [4.69, 9.17) is 9.47 Å². The van der Waals surface area contributed by atoms with Crippen molar-refractivity contribution in [2.45, 2.75) is 26.0 Å². The van der Waals surface area contributed by atoms with Crippen LogP contribution in [0.2, 0.25) is 0 Å². The average molecular weight is 499 g/mol. The third-order valence-electron chi connectivity index (χ3n) is 6.76. The average Bonchev–Trinajstić information content (AvgIpc) is 2.91. The minimum atomic E-state index is -0.401.